The maximum absolute atomic E-state index is 12.6. The van der Waals surface area contributed by atoms with Crippen LogP contribution < -0.4 is 14.8 Å². The van der Waals surface area contributed by atoms with Crippen LogP contribution in [0.15, 0.2) is 60.8 Å². The number of carbonyl (C=O) groups excluding carboxylic acids is 1. The fraction of sp³-hybridized carbons (Fsp3) is 0.333. The first kappa shape index (κ1) is 20.9. The van der Waals surface area contributed by atoms with Gasteiger partial charge in [0.05, 0.1) is 26.5 Å². The molecule has 0 radical (unpaired) electrons. The van der Waals surface area contributed by atoms with Crippen molar-refractivity contribution < 1.29 is 14.3 Å². The molecule has 31 heavy (non-hydrogen) atoms. The molecule has 1 saturated heterocycles. The lowest BCUT2D eigenvalue weighted by Crippen LogP contribution is -2.35. The van der Waals surface area contributed by atoms with E-state index in [1.165, 1.54) is 5.56 Å². The second-order valence-corrected chi connectivity index (χ2v) is 7.70. The molecule has 1 aromatic heterocycles. The molecule has 1 aliphatic rings. The molecule has 162 valence electrons. The van der Waals surface area contributed by atoms with E-state index in [0.717, 1.165) is 49.8 Å². The summed E-state index contributed by atoms with van der Waals surface area (Å²) in [6.45, 7) is 2.87. The van der Waals surface area contributed by atoms with E-state index in [4.69, 9.17) is 9.47 Å². The van der Waals surface area contributed by atoms with Crippen molar-refractivity contribution >= 4 is 11.7 Å². The van der Waals surface area contributed by atoms with Gasteiger partial charge in [-0.05, 0) is 54.8 Å². The molecule has 2 heterocycles. The van der Waals surface area contributed by atoms with E-state index in [-0.39, 0.29) is 11.9 Å². The van der Waals surface area contributed by atoms with Gasteiger partial charge in [-0.25, -0.2) is 4.68 Å². The number of nitrogens with one attached hydrogen (secondary N) is 1. The smallest absolute Gasteiger partial charge is 0.256 e. The highest BCUT2D eigenvalue weighted by molar-refractivity contribution is 6.03. The van der Waals surface area contributed by atoms with Gasteiger partial charge in [-0.1, -0.05) is 12.1 Å². The minimum atomic E-state index is -0.153. The molecule has 0 bridgehead atoms. The number of benzene rings is 2. The molecule has 7 heteroatoms. The standard InChI is InChI=1S/C24H28N4O3/c1-30-21-8-6-19(7-9-21)24(29)26-23-10-13-25-28(23)20-11-14-27(15-12-20)17-18-4-3-5-22(16-18)31-2/h3-10,13,16,20H,11-12,14-15,17H2,1-2H3,(H,26,29). The highest BCUT2D eigenvalue weighted by atomic mass is 16.5. The van der Waals surface area contributed by atoms with Crippen molar-refractivity contribution in [2.75, 3.05) is 32.6 Å². The minimum Gasteiger partial charge on any atom is -0.497 e. The third-order valence-corrected chi connectivity index (χ3v) is 5.71. The van der Waals surface area contributed by atoms with Crippen molar-refractivity contribution in [1.29, 1.82) is 0 Å². The lowest BCUT2D eigenvalue weighted by molar-refractivity contribution is 0.102. The van der Waals surface area contributed by atoms with Crippen molar-refractivity contribution in [3.8, 4) is 11.5 Å². The molecular weight excluding hydrogens is 392 g/mol. The highest BCUT2D eigenvalue weighted by Crippen LogP contribution is 2.27. The number of ether oxygens (including phenoxy) is 2. The molecule has 0 saturated carbocycles. The number of carbonyl (C=O) groups is 1. The molecule has 3 aromatic rings. The molecule has 1 N–H and O–H groups in total. The summed E-state index contributed by atoms with van der Waals surface area (Å²) in [4.78, 5) is 15.1. The third kappa shape index (κ3) is 5.06. The van der Waals surface area contributed by atoms with Crippen LogP contribution >= 0.6 is 0 Å². The van der Waals surface area contributed by atoms with Crippen LogP contribution in [-0.4, -0.2) is 47.9 Å². The summed E-state index contributed by atoms with van der Waals surface area (Å²) in [6.07, 6.45) is 3.71. The number of anilines is 1. The van der Waals surface area contributed by atoms with Gasteiger partial charge in [0.1, 0.15) is 17.3 Å². The second kappa shape index (κ2) is 9.66. The Morgan fingerprint density at radius 3 is 2.48 bits per heavy atom. The Bertz CT molecular complexity index is 1010. The first-order valence-electron chi connectivity index (χ1n) is 10.5. The fourth-order valence-corrected chi connectivity index (χ4v) is 3.99. The van der Waals surface area contributed by atoms with Crippen LogP contribution in [0.3, 0.4) is 0 Å². The van der Waals surface area contributed by atoms with Gasteiger partial charge < -0.3 is 14.8 Å². The molecule has 7 nitrogen and oxygen atoms in total. The van der Waals surface area contributed by atoms with Crippen LogP contribution in [0.2, 0.25) is 0 Å². The van der Waals surface area contributed by atoms with E-state index in [0.29, 0.717) is 5.56 Å². The normalized spacial score (nSPS) is 14.9. The number of aromatic nitrogens is 2. The first-order valence-corrected chi connectivity index (χ1v) is 10.5. The van der Waals surface area contributed by atoms with Gasteiger partial charge in [-0.15, -0.1) is 0 Å². The van der Waals surface area contributed by atoms with E-state index in [1.807, 2.05) is 22.9 Å². The Morgan fingerprint density at radius 2 is 1.77 bits per heavy atom. The summed E-state index contributed by atoms with van der Waals surface area (Å²) in [6, 6.07) is 17.4. The van der Waals surface area contributed by atoms with Gasteiger partial charge in [0, 0.05) is 31.3 Å². The van der Waals surface area contributed by atoms with E-state index in [9.17, 15) is 4.79 Å². The largest absolute Gasteiger partial charge is 0.497 e. The van der Waals surface area contributed by atoms with Crippen molar-refractivity contribution in [1.82, 2.24) is 14.7 Å². The molecule has 4 rings (SSSR count). The van der Waals surface area contributed by atoms with Crippen LogP contribution in [0, 0.1) is 0 Å². The maximum Gasteiger partial charge on any atom is 0.256 e. The number of hydrogen-bond donors (Lipinski definition) is 1. The predicted octanol–water partition coefficient (Wildman–Crippen LogP) is 3.99. The number of rotatable bonds is 7. The number of piperidine rings is 1. The van der Waals surface area contributed by atoms with E-state index in [1.54, 1.807) is 44.7 Å². The van der Waals surface area contributed by atoms with Crippen molar-refractivity contribution in [3.05, 3.63) is 71.9 Å². The van der Waals surface area contributed by atoms with Gasteiger partial charge >= 0.3 is 0 Å². The van der Waals surface area contributed by atoms with Gasteiger partial charge in [0.15, 0.2) is 0 Å². The average Bonchev–Trinajstić information content (AvgIpc) is 3.27. The predicted molar refractivity (Wildman–Crippen MR) is 120 cm³/mol. The molecule has 0 atom stereocenters. The Kier molecular flexibility index (Phi) is 6.52. The summed E-state index contributed by atoms with van der Waals surface area (Å²) >= 11 is 0. The molecule has 1 aliphatic heterocycles. The van der Waals surface area contributed by atoms with Crippen LogP contribution in [0.4, 0.5) is 5.82 Å². The van der Waals surface area contributed by atoms with Crippen LogP contribution in [0.1, 0.15) is 34.8 Å². The zero-order chi connectivity index (χ0) is 21.6. The van der Waals surface area contributed by atoms with E-state index >= 15 is 0 Å². The zero-order valence-corrected chi connectivity index (χ0v) is 18.0. The quantitative estimate of drug-likeness (QED) is 0.626. The Balaban J connectivity index is 1.35. The van der Waals surface area contributed by atoms with E-state index < -0.39 is 0 Å². The van der Waals surface area contributed by atoms with Crippen molar-refractivity contribution in [2.24, 2.45) is 0 Å². The minimum absolute atomic E-state index is 0.153. The summed E-state index contributed by atoms with van der Waals surface area (Å²) in [5.74, 6) is 2.19. The van der Waals surface area contributed by atoms with Crippen molar-refractivity contribution in [3.63, 3.8) is 0 Å². The number of amides is 1. The van der Waals surface area contributed by atoms with Crippen LogP contribution in [-0.2, 0) is 6.54 Å². The molecule has 2 aromatic carbocycles. The summed E-state index contributed by atoms with van der Waals surface area (Å²) in [7, 11) is 3.30. The number of likely N-dealkylation sites (tertiary alicyclic amines) is 1. The average molecular weight is 421 g/mol. The summed E-state index contributed by atoms with van der Waals surface area (Å²) < 4.78 is 12.4. The van der Waals surface area contributed by atoms with Crippen molar-refractivity contribution in [2.45, 2.75) is 25.4 Å². The van der Waals surface area contributed by atoms with Gasteiger partial charge in [-0.2, -0.15) is 5.10 Å². The zero-order valence-electron chi connectivity index (χ0n) is 18.0. The highest BCUT2D eigenvalue weighted by Gasteiger charge is 2.23. The topological polar surface area (TPSA) is 68.6 Å². The molecule has 0 spiro atoms. The SMILES string of the molecule is COc1ccc(C(=O)Nc2ccnn2C2CCN(Cc3cccc(OC)c3)CC2)cc1. The number of hydrogen-bond acceptors (Lipinski definition) is 5. The van der Waals surface area contributed by atoms with Gasteiger partial charge in [0.2, 0.25) is 0 Å². The maximum atomic E-state index is 12.6. The van der Waals surface area contributed by atoms with E-state index in [2.05, 4.69) is 27.4 Å². The Hall–Kier alpha value is -3.32. The third-order valence-electron chi connectivity index (χ3n) is 5.71. The summed E-state index contributed by atoms with van der Waals surface area (Å²) in [5, 5.41) is 7.49. The molecule has 0 unspecified atom stereocenters. The van der Waals surface area contributed by atoms with Crippen LogP contribution in [0.5, 0.6) is 11.5 Å². The lowest BCUT2D eigenvalue weighted by atomic mass is 10.0. The number of nitrogens with zero attached hydrogens (tertiary/aromatic N) is 3. The van der Waals surface area contributed by atoms with Crippen LogP contribution in [0.25, 0.3) is 0 Å². The number of methoxy groups -OCH3 is 2. The molecule has 1 amide bonds. The Labute approximate surface area is 182 Å². The molecule has 0 aliphatic carbocycles. The summed E-state index contributed by atoms with van der Waals surface area (Å²) in [5.41, 5.74) is 1.84. The molecular formula is C24H28N4O3. The first-order chi connectivity index (χ1) is 15.2. The van der Waals surface area contributed by atoms with Gasteiger partial charge in [0.25, 0.3) is 5.91 Å². The molecule has 1 fully saturated rings. The second-order valence-electron chi connectivity index (χ2n) is 7.70. The van der Waals surface area contributed by atoms with Gasteiger partial charge in [-0.3, -0.25) is 9.69 Å². The lowest BCUT2D eigenvalue weighted by Gasteiger charge is -2.32. The monoisotopic (exact) mass is 420 g/mol. The fourth-order valence-electron chi connectivity index (χ4n) is 3.99. The Morgan fingerprint density at radius 1 is 1.03 bits per heavy atom.